The van der Waals surface area contributed by atoms with Gasteiger partial charge in [0.2, 0.25) is 0 Å². The summed E-state index contributed by atoms with van der Waals surface area (Å²) in [4.78, 5) is 0. The van der Waals surface area contributed by atoms with Crippen LogP contribution in [-0.2, 0) is 4.74 Å². The van der Waals surface area contributed by atoms with Gasteiger partial charge in [-0.15, -0.1) is 0 Å². The first kappa shape index (κ1) is 15.9. The molecule has 0 amide bonds. The molecular weight excluding hydrogens is 198 g/mol. The Morgan fingerprint density at radius 3 is 2.38 bits per heavy atom. The van der Waals surface area contributed by atoms with E-state index < -0.39 is 0 Å². The SMILES string of the molecule is CCCCC(CC)CC(N)CC(C)COC. The van der Waals surface area contributed by atoms with Crippen molar-refractivity contribution >= 4 is 0 Å². The van der Waals surface area contributed by atoms with Crippen LogP contribution in [-0.4, -0.2) is 19.8 Å². The summed E-state index contributed by atoms with van der Waals surface area (Å²) in [5.41, 5.74) is 6.20. The van der Waals surface area contributed by atoms with Gasteiger partial charge in [0.1, 0.15) is 0 Å². The van der Waals surface area contributed by atoms with Crippen LogP contribution in [0.25, 0.3) is 0 Å². The van der Waals surface area contributed by atoms with E-state index in [9.17, 15) is 0 Å². The molecule has 0 aliphatic rings. The molecule has 0 radical (unpaired) electrons. The molecule has 0 spiro atoms. The molecule has 0 aromatic carbocycles. The van der Waals surface area contributed by atoms with E-state index >= 15 is 0 Å². The van der Waals surface area contributed by atoms with Crippen LogP contribution in [0.4, 0.5) is 0 Å². The van der Waals surface area contributed by atoms with E-state index in [1.54, 1.807) is 7.11 Å². The molecule has 0 aromatic heterocycles. The third-order valence-electron chi connectivity index (χ3n) is 3.34. The number of unbranched alkanes of at least 4 members (excludes halogenated alkanes) is 1. The lowest BCUT2D eigenvalue weighted by molar-refractivity contribution is 0.149. The van der Waals surface area contributed by atoms with Crippen LogP contribution in [0, 0.1) is 11.8 Å². The smallest absolute Gasteiger partial charge is 0.0488 e. The molecule has 3 unspecified atom stereocenters. The third-order valence-corrected chi connectivity index (χ3v) is 3.34. The van der Waals surface area contributed by atoms with Gasteiger partial charge in [-0.05, 0) is 24.7 Å². The maximum Gasteiger partial charge on any atom is 0.0488 e. The number of rotatable bonds is 10. The van der Waals surface area contributed by atoms with Gasteiger partial charge in [-0.25, -0.2) is 0 Å². The van der Waals surface area contributed by atoms with Gasteiger partial charge in [0.15, 0.2) is 0 Å². The van der Waals surface area contributed by atoms with Gasteiger partial charge >= 0.3 is 0 Å². The van der Waals surface area contributed by atoms with Crippen LogP contribution in [0.2, 0.25) is 0 Å². The second kappa shape index (κ2) is 10.1. The first-order valence-corrected chi connectivity index (χ1v) is 6.88. The summed E-state index contributed by atoms with van der Waals surface area (Å²) in [5.74, 6) is 1.41. The van der Waals surface area contributed by atoms with Crippen molar-refractivity contribution in [1.82, 2.24) is 0 Å². The quantitative estimate of drug-likeness (QED) is 0.621. The summed E-state index contributed by atoms with van der Waals surface area (Å²) in [7, 11) is 1.76. The summed E-state index contributed by atoms with van der Waals surface area (Å²) in [6.45, 7) is 7.59. The zero-order chi connectivity index (χ0) is 12.4. The Bertz CT molecular complexity index is 150. The zero-order valence-electron chi connectivity index (χ0n) is 11.7. The molecule has 3 atom stereocenters. The monoisotopic (exact) mass is 229 g/mol. The average molecular weight is 229 g/mol. The number of hydrogen-bond acceptors (Lipinski definition) is 2. The number of methoxy groups -OCH3 is 1. The molecule has 2 nitrogen and oxygen atoms in total. The van der Waals surface area contributed by atoms with Gasteiger partial charge in [0.25, 0.3) is 0 Å². The Kier molecular flexibility index (Phi) is 10.0. The Morgan fingerprint density at radius 2 is 1.88 bits per heavy atom. The van der Waals surface area contributed by atoms with Gasteiger partial charge < -0.3 is 10.5 Å². The minimum absolute atomic E-state index is 0.354. The maximum atomic E-state index is 6.20. The average Bonchev–Trinajstić information content (AvgIpc) is 2.24. The lowest BCUT2D eigenvalue weighted by atomic mass is 9.89. The fourth-order valence-electron chi connectivity index (χ4n) is 2.38. The molecule has 0 aliphatic carbocycles. The van der Waals surface area contributed by atoms with Crippen molar-refractivity contribution in [3.8, 4) is 0 Å². The maximum absolute atomic E-state index is 6.20. The predicted octanol–water partition coefficient (Wildman–Crippen LogP) is 3.59. The van der Waals surface area contributed by atoms with Crippen molar-refractivity contribution in [1.29, 1.82) is 0 Å². The second-order valence-electron chi connectivity index (χ2n) is 5.21. The van der Waals surface area contributed by atoms with Crippen molar-refractivity contribution in [2.24, 2.45) is 17.6 Å². The summed E-state index contributed by atoms with van der Waals surface area (Å²) < 4.78 is 5.15. The van der Waals surface area contributed by atoms with Crippen LogP contribution in [0.15, 0.2) is 0 Å². The Hall–Kier alpha value is -0.0800. The molecule has 0 aromatic rings. The molecule has 0 fully saturated rings. The lowest BCUT2D eigenvalue weighted by Gasteiger charge is -2.22. The van der Waals surface area contributed by atoms with E-state index in [0.717, 1.165) is 18.9 Å². The van der Waals surface area contributed by atoms with Gasteiger partial charge in [0, 0.05) is 19.8 Å². The van der Waals surface area contributed by atoms with Crippen LogP contribution in [0.1, 0.15) is 59.3 Å². The van der Waals surface area contributed by atoms with Crippen molar-refractivity contribution in [2.75, 3.05) is 13.7 Å². The largest absolute Gasteiger partial charge is 0.384 e. The Labute approximate surface area is 102 Å². The highest BCUT2D eigenvalue weighted by molar-refractivity contribution is 4.70. The minimum Gasteiger partial charge on any atom is -0.384 e. The summed E-state index contributed by atoms with van der Waals surface area (Å²) >= 11 is 0. The highest BCUT2D eigenvalue weighted by Gasteiger charge is 2.14. The van der Waals surface area contributed by atoms with E-state index in [1.807, 2.05) is 0 Å². The Balaban J connectivity index is 3.76. The fourth-order valence-corrected chi connectivity index (χ4v) is 2.38. The highest BCUT2D eigenvalue weighted by atomic mass is 16.5. The number of nitrogens with two attached hydrogens (primary N) is 1. The number of ether oxygens (including phenoxy) is 1. The summed E-state index contributed by atoms with van der Waals surface area (Å²) in [6.07, 6.45) is 7.54. The molecule has 0 saturated heterocycles. The standard InChI is InChI=1S/C14H31NO/c1-5-7-8-13(6-2)10-14(15)9-12(3)11-16-4/h12-14H,5-11,15H2,1-4H3. The molecule has 0 saturated carbocycles. The van der Waals surface area contributed by atoms with Gasteiger partial charge in [0.05, 0.1) is 0 Å². The van der Waals surface area contributed by atoms with Crippen LogP contribution in [0.5, 0.6) is 0 Å². The van der Waals surface area contributed by atoms with E-state index in [4.69, 9.17) is 10.5 Å². The van der Waals surface area contributed by atoms with Crippen LogP contribution >= 0.6 is 0 Å². The molecule has 0 rings (SSSR count). The van der Waals surface area contributed by atoms with Crippen molar-refractivity contribution < 1.29 is 4.74 Å². The second-order valence-corrected chi connectivity index (χ2v) is 5.21. The van der Waals surface area contributed by atoms with Crippen LogP contribution in [0.3, 0.4) is 0 Å². The van der Waals surface area contributed by atoms with Crippen molar-refractivity contribution in [3.05, 3.63) is 0 Å². The van der Waals surface area contributed by atoms with E-state index in [0.29, 0.717) is 12.0 Å². The van der Waals surface area contributed by atoms with E-state index in [1.165, 1.54) is 32.1 Å². The molecule has 0 bridgehead atoms. The highest BCUT2D eigenvalue weighted by Crippen LogP contribution is 2.20. The van der Waals surface area contributed by atoms with E-state index in [2.05, 4.69) is 20.8 Å². The summed E-state index contributed by atoms with van der Waals surface area (Å²) in [6, 6.07) is 0.354. The zero-order valence-corrected chi connectivity index (χ0v) is 11.7. The van der Waals surface area contributed by atoms with Gasteiger partial charge in [-0.2, -0.15) is 0 Å². The first-order valence-electron chi connectivity index (χ1n) is 6.88. The first-order chi connectivity index (χ1) is 7.63. The van der Waals surface area contributed by atoms with E-state index in [-0.39, 0.29) is 0 Å². The van der Waals surface area contributed by atoms with Crippen LogP contribution < -0.4 is 5.73 Å². The number of hydrogen-bond donors (Lipinski definition) is 1. The molecule has 2 heteroatoms. The lowest BCUT2D eigenvalue weighted by Crippen LogP contribution is -2.27. The summed E-state index contributed by atoms with van der Waals surface area (Å²) in [5, 5.41) is 0. The third kappa shape index (κ3) is 8.12. The molecule has 0 aliphatic heterocycles. The van der Waals surface area contributed by atoms with Crippen molar-refractivity contribution in [2.45, 2.75) is 65.3 Å². The molecule has 98 valence electrons. The topological polar surface area (TPSA) is 35.2 Å². The van der Waals surface area contributed by atoms with Gasteiger partial charge in [-0.3, -0.25) is 0 Å². The molecule has 2 N–H and O–H groups in total. The molecule has 0 heterocycles. The normalized spacial score (nSPS) is 17.1. The molecule has 16 heavy (non-hydrogen) atoms. The minimum atomic E-state index is 0.354. The molecular formula is C14H31NO. The predicted molar refractivity (Wildman–Crippen MR) is 71.6 cm³/mol. The fraction of sp³-hybridized carbons (Fsp3) is 1.00. The Morgan fingerprint density at radius 1 is 1.19 bits per heavy atom. The van der Waals surface area contributed by atoms with Crippen molar-refractivity contribution in [3.63, 3.8) is 0 Å². The van der Waals surface area contributed by atoms with Gasteiger partial charge in [-0.1, -0.05) is 46.5 Å².